The monoisotopic (exact) mass is 172 g/mol. The van der Waals surface area contributed by atoms with E-state index in [2.05, 4.69) is 0 Å². The Bertz CT molecular complexity index is 74.0. The van der Waals surface area contributed by atoms with Gasteiger partial charge in [0.25, 0.3) is 0 Å². The molecule has 0 unspecified atom stereocenters. The van der Waals surface area contributed by atoms with E-state index in [1.165, 1.54) is 0 Å². The number of alkyl halides is 6. The minimum Gasteiger partial charge on any atom is -0.269 e. The van der Waals surface area contributed by atoms with Crippen LogP contribution in [0.1, 0.15) is 6.42 Å². The maximum absolute atomic E-state index is 10.8. The van der Waals surface area contributed by atoms with Crippen molar-refractivity contribution in [2.24, 2.45) is 0 Å². The van der Waals surface area contributed by atoms with Crippen molar-refractivity contribution in [3.63, 3.8) is 0 Å². The summed E-state index contributed by atoms with van der Waals surface area (Å²) in [6.07, 6.45) is -13.0. The van der Waals surface area contributed by atoms with Crippen molar-refractivity contribution in [3.05, 3.63) is 0 Å². The zero-order valence-corrected chi connectivity index (χ0v) is 4.38. The summed E-state index contributed by atoms with van der Waals surface area (Å²) in [7, 11) is 0. The van der Waals surface area contributed by atoms with E-state index >= 15 is 0 Å². The van der Waals surface area contributed by atoms with Crippen LogP contribution in [0.4, 0.5) is 31.0 Å². The Hall–Kier alpha value is -0.490. The third-order valence-corrected chi connectivity index (χ3v) is 0.401. The molecule has 0 nitrogen and oxygen atoms in total. The Labute approximate surface area is 51.2 Å². The highest BCUT2D eigenvalue weighted by molar-refractivity contribution is 4.57. The van der Waals surface area contributed by atoms with Crippen LogP contribution in [0, 0.1) is 0 Å². The Balaban J connectivity index is 0. The lowest BCUT2D eigenvalue weighted by Crippen LogP contribution is -2.20. The molecule has 0 amide bonds. The molecule has 0 heterocycles. The standard InChI is InChI=1S/C3H2F6.FH/c4-2(5,6)1-3(7,8)9;/h1H2;1H. The second kappa shape index (κ2) is 3.07. The van der Waals surface area contributed by atoms with E-state index < -0.39 is 18.8 Å². The molecule has 0 fully saturated rings. The summed E-state index contributed by atoms with van der Waals surface area (Å²) in [5.41, 5.74) is 0. The highest BCUT2D eigenvalue weighted by Gasteiger charge is 2.43. The minimum atomic E-state index is -5.14. The largest absolute Gasteiger partial charge is 0.397 e. The lowest BCUT2D eigenvalue weighted by atomic mass is 10.4. The lowest BCUT2D eigenvalue weighted by molar-refractivity contribution is -0.232. The summed E-state index contributed by atoms with van der Waals surface area (Å²) in [4.78, 5) is 0. The molecule has 0 aliphatic heterocycles. The summed E-state index contributed by atoms with van der Waals surface area (Å²) in [6, 6.07) is 0. The third-order valence-electron chi connectivity index (χ3n) is 0.401. The molecule has 64 valence electrons. The van der Waals surface area contributed by atoms with Gasteiger partial charge < -0.3 is 0 Å². The fourth-order valence-electron chi connectivity index (χ4n) is 0.227. The average molecular weight is 172 g/mol. The topological polar surface area (TPSA) is 0 Å². The fourth-order valence-corrected chi connectivity index (χ4v) is 0.227. The van der Waals surface area contributed by atoms with Crippen molar-refractivity contribution < 1.29 is 31.0 Å². The second-order valence-corrected chi connectivity index (χ2v) is 1.41. The van der Waals surface area contributed by atoms with Crippen LogP contribution in [0.5, 0.6) is 0 Å². The zero-order valence-electron chi connectivity index (χ0n) is 4.38. The molecule has 0 aliphatic rings. The van der Waals surface area contributed by atoms with E-state index in [1.807, 2.05) is 0 Å². The van der Waals surface area contributed by atoms with Crippen molar-refractivity contribution in [1.82, 2.24) is 0 Å². The first-order valence-electron chi connectivity index (χ1n) is 1.84. The number of rotatable bonds is 0. The highest BCUT2D eigenvalue weighted by Crippen LogP contribution is 2.31. The van der Waals surface area contributed by atoms with Crippen LogP contribution in [0.25, 0.3) is 0 Å². The molecule has 0 aromatic rings. The van der Waals surface area contributed by atoms with E-state index in [9.17, 15) is 26.3 Å². The molecule has 0 N–H and O–H groups in total. The molecule has 10 heavy (non-hydrogen) atoms. The second-order valence-electron chi connectivity index (χ2n) is 1.41. The molecule has 0 saturated carbocycles. The average Bonchev–Trinajstić information content (AvgIpc) is 1.14. The molecule has 0 atom stereocenters. The van der Waals surface area contributed by atoms with Crippen molar-refractivity contribution in [3.8, 4) is 0 Å². The van der Waals surface area contributed by atoms with Gasteiger partial charge in [-0.2, -0.15) is 26.3 Å². The summed E-state index contributed by atoms with van der Waals surface area (Å²) < 4.78 is 65.0. The van der Waals surface area contributed by atoms with Gasteiger partial charge in [-0.15, -0.1) is 0 Å². The number of hydrogen-bond acceptors (Lipinski definition) is 0. The van der Waals surface area contributed by atoms with E-state index in [4.69, 9.17) is 0 Å². The van der Waals surface area contributed by atoms with Crippen LogP contribution in [-0.2, 0) is 0 Å². The maximum Gasteiger partial charge on any atom is 0.397 e. The number of halogens is 7. The smallest absolute Gasteiger partial charge is 0.269 e. The van der Waals surface area contributed by atoms with Gasteiger partial charge in [-0.05, 0) is 0 Å². The lowest BCUT2D eigenvalue weighted by Gasteiger charge is -2.08. The Kier molecular flexibility index (Phi) is 3.75. The van der Waals surface area contributed by atoms with Crippen LogP contribution in [0.3, 0.4) is 0 Å². The van der Waals surface area contributed by atoms with E-state index in [0.717, 1.165) is 0 Å². The molecule has 0 radical (unpaired) electrons. The van der Waals surface area contributed by atoms with Gasteiger partial charge in [-0.25, -0.2) is 0 Å². The summed E-state index contributed by atoms with van der Waals surface area (Å²) in [5.74, 6) is 0. The molecule has 0 aromatic heterocycles. The van der Waals surface area contributed by atoms with E-state index in [0.29, 0.717) is 0 Å². The molecular formula is C3H3F7. The summed E-state index contributed by atoms with van der Waals surface area (Å²) in [6.45, 7) is 0. The van der Waals surface area contributed by atoms with Crippen molar-refractivity contribution in [2.75, 3.05) is 0 Å². The Morgan fingerprint density at radius 1 is 0.700 bits per heavy atom. The molecule has 0 aromatic carbocycles. The first kappa shape index (κ1) is 12.2. The van der Waals surface area contributed by atoms with Gasteiger partial charge in [-0.3, -0.25) is 4.70 Å². The van der Waals surface area contributed by atoms with Gasteiger partial charge in [0.05, 0.1) is 0 Å². The molecule has 7 heteroatoms. The summed E-state index contributed by atoms with van der Waals surface area (Å²) in [5, 5.41) is 0. The molecule has 0 saturated heterocycles. The predicted octanol–water partition coefficient (Wildman–Crippen LogP) is 2.65. The summed E-state index contributed by atoms with van der Waals surface area (Å²) >= 11 is 0. The Morgan fingerprint density at radius 3 is 0.900 bits per heavy atom. The predicted molar refractivity (Wildman–Crippen MR) is 19.2 cm³/mol. The quantitative estimate of drug-likeness (QED) is 0.492. The van der Waals surface area contributed by atoms with Gasteiger partial charge in [0.2, 0.25) is 0 Å². The molecule has 0 bridgehead atoms. The van der Waals surface area contributed by atoms with Crippen molar-refractivity contribution in [1.29, 1.82) is 0 Å². The molecular weight excluding hydrogens is 169 g/mol. The molecule has 0 rings (SSSR count). The first-order chi connectivity index (χ1) is 3.71. The van der Waals surface area contributed by atoms with Crippen LogP contribution in [0.15, 0.2) is 0 Å². The van der Waals surface area contributed by atoms with Gasteiger partial charge in [0.1, 0.15) is 6.42 Å². The third kappa shape index (κ3) is 10.5. The van der Waals surface area contributed by atoms with Crippen LogP contribution in [-0.4, -0.2) is 12.4 Å². The van der Waals surface area contributed by atoms with Crippen LogP contribution in [0.2, 0.25) is 0 Å². The first-order valence-corrected chi connectivity index (χ1v) is 1.84. The minimum absolute atomic E-state index is 0. The highest BCUT2D eigenvalue weighted by atomic mass is 19.4. The van der Waals surface area contributed by atoms with E-state index in [1.54, 1.807) is 0 Å². The van der Waals surface area contributed by atoms with Crippen LogP contribution < -0.4 is 0 Å². The molecule has 0 aliphatic carbocycles. The van der Waals surface area contributed by atoms with Crippen LogP contribution >= 0.6 is 0 Å². The van der Waals surface area contributed by atoms with Gasteiger partial charge in [0.15, 0.2) is 0 Å². The van der Waals surface area contributed by atoms with Gasteiger partial charge in [-0.1, -0.05) is 0 Å². The van der Waals surface area contributed by atoms with E-state index in [-0.39, 0.29) is 4.70 Å². The Morgan fingerprint density at radius 2 is 0.900 bits per heavy atom. The van der Waals surface area contributed by atoms with Gasteiger partial charge in [0, 0.05) is 0 Å². The zero-order chi connectivity index (χ0) is 7.71. The maximum atomic E-state index is 10.8. The number of hydrogen-bond donors (Lipinski definition) is 0. The SMILES string of the molecule is F.FC(F)(F)CC(F)(F)F. The van der Waals surface area contributed by atoms with Gasteiger partial charge >= 0.3 is 12.4 Å². The normalized spacial score (nSPS) is 12.6. The molecule has 0 spiro atoms. The van der Waals surface area contributed by atoms with Crippen molar-refractivity contribution in [2.45, 2.75) is 18.8 Å². The fraction of sp³-hybridized carbons (Fsp3) is 1.00. The van der Waals surface area contributed by atoms with Crippen molar-refractivity contribution >= 4 is 0 Å².